The molecule has 23 heavy (non-hydrogen) atoms. The molecular weight excluding hydrogens is 282 g/mol. The molecule has 0 amide bonds. The van der Waals surface area contributed by atoms with Crippen molar-refractivity contribution in [2.45, 2.75) is 52.1 Å². The van der Waals surface area contributed by atoms with Crippen LogP contribution in [-0.4, -0.2) is 12.7 Å². The van der Waals surface area contributed by atoms with Crippen LogP contribution >= 0.6 is 0 Å². The average Bonchev–Trinajstić information content (AvgIpc) is 2.99. The second kappa shape index (κ2) is 6.92. The second-order valence-corrected chi connectivity index (χ2v) is 7.70. The maximum absolute atomic E-state index is 6.25. The van der Waals surface area contributed by atoms with Crippen molar-refractivity contribution in [1.29, 1.82) is 0 Å². The monoisotopic (exact) mass is 311 g/mol. The first-order chi connectivity index (χ1) is 11.0. The number of benzene rings is 1. The second-order valence-electron chi connectivity index (χ2n) is 7.70. The van der Waals surface area contributed by atoms with Gasteiger partial charge in [-0.15, -0.1) is 0 Å². The third kappa shape index (κ3) is 4.48. The van der Waals surface area contributed by atoms with Crippen LogP contribution in [0.25, 0.3) is 0 Å². The third-order valence-electron chi connectivity index (χ3n) is 5.27. The van der Waals surface area contributed by atoms with E-state index in [0.29, 0.717) is 6.10 Å². The zero-order valence-corrected chi connectivity index (χ0v) is 14.4. The van der Waals surface area contributed by atoms with Crippen LogP contribution in [0.3, 0.4) is 0 Å². The van der Waals surface area contributed by atoms with Crippen LogP contribution in [0.2, 0.25) is 0 Å². The molecule has 3 atom stereocenters. The SMILES string of the molecule is Cc1ccc(CC2CCC(OCC3(C)C=CC(N)=CC3)C2)cc1. The number of allylic oxidation sites excluding steroid dienone is 2. The number of rotatable bonds is 5. The molecule has 2 N–H and O–H groups in total. The lowest BCUT2D eigenvalue weighted by Crippen LogP contribution is -2.26. The Labute approximate surface area is 140 Å². The van der Waals surface area contributed by atoms with Crippen molar-refractivity contribution in [2.75, 3.05) is 6.61 Å². The van der Waals surface area contributed by atoms with E-state index in [2.05, 4.69) is 50.3 Å². The van der Waals surface area contributed by atoms with Crippen molar-refractivity contribution in [2.24, 2.45) is 17.1 Å². The van der Waals surface area contributed by atoms with E-state index in [9.17, 15) is 0 Å². The Morgan fingerprint density at radius 2 is 2.00 bits per heavy atom. The summed E-state index contributed by atoms with van der Waals surface area (Å²) in [5, 5.41) is 0. The maximum Gasteiger partial charge on any atom is 0.0578 e. The van der Waals surface area contributed by atoms with Gasteiger partial charge in [0.05, 0.1) is 12.7 Å². The summed E-state index contributed by atoms with van der Waals surface area (Å²) in [6, 6.07) is 8.98. The molecule has 1 saturated carbocycles. The van der Waals surface area contributed by atoms with E-state index >= 15 is 0 Å². The minimum absolute atomic E-state index is 0.109. The fourth-order valence-corrected chi connectivity index (χ4v) is 3.62. The topological polar surface area (TPSA) is 35.2 Å². The van der Waals surface area contributed by atoms with Gasteiger partial charge in [0.1, 0.15) is 0 Å². The molecule has 3 unspecified atom stereocenters. The van der Waals surface area contributed by atoms with Gasteiger partial charge in [0.15, 0.2) is 0 Å². The van der Waals surface area contributed by atoms with Crippen LogP contribution < -0.4 is 5.73 Å². The van der Waals surface area contributed by atoms with E-state index < -0.39 is 0 Å². The minimum Gasteiger partial charge on any atom is -0.399 e. The lowest BCUT2D eigenvalue weighted by molar-refractivity contribution is 0.0146. The van der Waals surface area contributed by atoms with Crippen LogP contribution in [0.1, 0.15) is 43.7 Å². The molecule has 2 aliphatic carbocycles. The zero-order valence-electron chi connectivity index (χ0n) is 14.4. The summed E-state index contributed by atoms with van der Waals surface area (Å²) in [5.41, 5.74) is 9.59. The molecule has 1 aromatic carbocycles. The fraction of sp³-hybridized carbons (Fsp3) is 0.524. The van der Waals surface area contributed by atoms with Gasteiger partial charge in [-0.05, 0) is 56.6 Å². The van der Waals surface area contributed by atoms with E-state index in [1.807, 2.05) is 6.08 Å². The molecule has 2 nitrogen and oxygen atoms in total. The first kappa shape index (κ1) is 16.3. The lowest BCUT2D eigenvalue weighted by Gasteiger charge is -2.28. The van der Waals surface area contributed by atoms with Crippen molar-refractivity contribution in [3.05, 3.63) is 59.3 Å². The van der Waals surface area contributed by atoms with Gasteiger partial charge in [-0.1, -0.05) is 48.9 Å². The van der Waals surface area contributed by atoms with Gasteiger partial charge in [0, 0.05) is 11.1 Å². The summed E-state index contributed by atoms with van der Waals surface area (Å²) in [6.07, 6.45) is 12.6. The van der Waals surface area contributed by atoms with E-state index in [4.69, 9.17) is 10.5 Å². The smallest absolute Gasteiger partial charge is 0.0578 e. The zero-order chi connectivity index (χ0) is 16.3. The summed E-state index contributed by atoms with van der Waals surface area (Å²) >= 11 is 0. The Kier molecular flexibility index (Phi) is 4.91. The van der Waals surface area contributed by atoms with Crippen LogP contribution in [0.5, 0.6) is 0 Å². The molecule has 0 bridgehead atoms. The summed E-state index contributed by atoms with van der Waals surface area (Å²) in [5.74, 6) is 0.771. The first-order valence-electron chi connectivity index (χ1n) is 8.84. The molecule has 0 heterocycles. The summed E-state index contributed by atoms with van der Waals surface area (Å²) in [7, 11) is 0. The van der Waals surface area contributed by atoms with E-state index in [-0.39, 0.29) is 5.41 Å². The predicted molar refractivity (Wildman–Crippen MR) is 96.1 cm³/mol. The molecule has 124 valence electrons. The highest BCUT2D eigenvalue weighted by atomic mass is 16.5. The van der Waals surface area contributed by atoms with Crippen LogP contribution in [0, 0.1) is 18.3 Å². The Hall–Kier alpha value is -1.54. The van der Waals surface area contributed by atoms with Gasteiger partial charge < -0.3 is 10.5 Å². The highest BCUT2D eigenvalue weighted by Crippen LogP contribution is 2.34. The molecule has 0 saturated heterocycles. The Balaban J connectivity index is 1.45. The molecule has 1 fully saturated rings. The van der Waals surface area contributed by atoms with Gasteiger partial charge in [-0.25, -0.2) is 0 Å². The highest BCUT2D eigenvalue weighted by molar-refractivity contribution is 5.23. The van der Waals surface area contributed by atoms with Crippen LogP contribution in [0.4, 0.5) is 0 Å². The number of hydrogen-bond donors (Lipinski definition) is 1. The molecule has 0 spiro atoms. The first-order valence-corrected chi connectivity index (χ1v) is 8.84. The van der Waals surface area contributed by atoms with Gasteiger partial charge in [-0.2, -0.15) is 0 Å². The van der Waals surface area contributed by atoms with Gasteiger partial charge >= 0.3 is 0 Å². The van der Waals surface area contributed by atoms with Gasteiger partial charge in [-0.3, -0.25) is 0 Å². The molecule has 0 aliphatic heterocycles. The lowest BCUT2D eigenvalue weighted by atomic mass is 9.84. The highest BCUT2D eigenvalue weighted by Gasteiger charge is 2.29. The van der Waals surface area contributed by atoms with Crippen LogP contribution in [-0.2, 0) is 11.2 Å². The van der Waals surface area contributed by atoms with E-state index in [1.165, 1.54) is 36.8 Å². The number of hydrogen-bond acceptors (Lipinski definition) is 2. The van der Waals surface area contributed by atoms with Crippen molar-refractivity contribution in [3.63, 3.8) is 0 Å². The van der Waals surface area contributed by atoms with E-state index in [0.717, 1.165) is 24.6 Å². The average molecular weight is 311 g/mol. The Morgan fingerprint density at radius 1 is 1.22 bits per heavy atom. The molecule has 0 radical (unpaired) electrons. The van der Waals surface area contributed by atoms with Crippen molar-refractivity contribution < 1.29 is 4.74 Å². The molecule has 0 aromatic heterocycles. The molecule has 2 heteroatoms. The number of aryl methyl sites for hydroxylation is 1. The molecule has 1 aromatic rings. The standard InChI is InChI=1S/C21H29NO/c1-16-3-5-17(6-4-16)13-18-7-8-20(14-18)23-15-21(2)11-9-19(22)10-12-21/h3-6,9-11,18,20H,7-8,12-15,22H2,1-2H3. The summed E-state index contributed by atoms with van der Waals surface area (Å²) < 4.78 is 6.25. The Bertz CT molecular complexity index is 586. The van der Waals surface area contributed by atoms with Gasteiger partial charge in [0.25, 0.3) is 0 Å². The Morgan fingerprint density at radius 3 is 2.70 bits per heavy atom. The third-order valence-corrected chi connectivity index (χ3v) is 5.27. The van der Waals surface area contributed by atoms with Gasteiger partial charge in [0.2, 0.25) is 0 Å². The van der Waals surface area contributed by atoms with Crippen molar-refractivity contribution in [3.8, 4) is 0 Å². The van der Waals surface area contributed by atoms with E-state index in [1.54, 1.807) is 0 Å². The normalized spacial score (nSPS) is 30.4. The summed E-state index contributed by atoms with van der Waals surface area (Å²) in [6.45, 7) is 5.20. The fourth-order valence-electron chi connectivity index (χ4n) is 3.62. The number of ether oxygens (including phenoxy) is 1. The minimum atomic E-state index is 0.109. The van der Waals surface area contributed by atoms with Crippen molar-refractivity contribution >= 4 is 0 Å². The quantitative estimate of drug-likeness (QED) is 0.867. The number of nitrogens with two attached hydrogens (primary N) is 1. The molecule has 2 aliphatic rings. The molecule has 3 rings (SSSR count). The molecular formula is C21H29NO. The maximum atomic E-state index is 6.25. The summed E-state index contributed by atoms with van der Waals surface area (Å²) in [4.78, 5) is 0. The van der Waals surface area contributed by atoms with Crippen LogP contribution in [0.15, 0.2) is 48.2 Å². The predicted octanol–water partition coefficient (Wildman–Crippen LogP) is 4.53. The largest absolute Gasteiger partial charge is 0.399 e. The van der Waals surface area contributed by atoms with Crippen molar-refractivity contribution in [1.82, 2.24) is 0 Å².